The highest BCUT2D eigenvalue weighted by atomic mass is 19.1. The second-order valence-corrected chi connectivity index (χ2v) is 7.02. The molecule has 0 aliphatic heterocycles. The Morgan fingerprint density at radius 2 is 1.64 bits per heavy atom. The molecule has 2 heterocycles. The number of rotatable bonds is 6. The van der Waals surface area contributed by atoms with Crippen LogP contribution in [-0.2, 0) is 0 Å². The van der Waals surface area contributed by atoms with Gasteiger partial charge in [0.05, 0.1) is 6.26 Å². The Morgan fingerprint density at radius 1 is 0.879 bits per heavy atom. The zero-order chi connectivity index (χ0) is 22.6. The van der Waals surface area contributed by atoms with Crippen molar-refractivity contribution in [3.63, 3.8) is 0 Å². The lowest BCUT2D eigenvalue weighted by Crippen LogP contribution is -2.10. The van der Waals surface area contributed by atoms with Crippen molar-refractivity contribution in [1.82, 2.24) is 10.1 Å². The van der Waals surface area contributed by atoms with Crippen LogP contribution in [0.25, 0.3) is 22.8 Å². The topological polar surface area (TPSA) is 90.4 Å². The van der Waals surface area contributed by atoms with Gasteiger partial charge in [-0.2, -0.15) is 4.98 Å². The van der Waals surface area contributed by atoms with E-state index in [-0.39, 0.29) is 17.5 Å². The third-order valence-electron chi connectivity index (χ3n) is 4.70. The first-order valence-corrected chi connectivity index (χ1v) is 9.97. The van der Waals surface area contributed by atoms with Crippen LogP contribution in [0.15, 0.2) is 100 Å². The predicted molar refractivity (Wildman–Crippen MR) is 118 cm³/mol. The van der Waals surface area contributed by atoms with E-state index in [9.17, 15) is 9.18 Å². The maximum Gasteiger partial charge on any atom is 0.291 e. The lowest BCUT2D eigenvalue weighted by Gasteiger charge is -2.05. The molecule has 0 atom stereocenters. The van der Waals surface area contributed by atoms with Gasteiger partial charge >= 0.3 is 0 Å². The van der Waals surface area contributed by atoms with Gasteiger partial charge in [0.25, 0.3) is 11.8 Å². The van der Waals surface area contributed by atoms with Crippen LogP contribution in [-0.4, -0.2) is 16.0 Å². The molecule has 0 aliphatic carbocycles. The molecule has 0 spiro atoms. The smallest absolute Gasteiger partial charge is 0.291 e. The normalized spacial score (nSPS) is 10.7. The number of amides is 1. The number of nitrogens with zero attached hydrogens (tertiary/aromatic N) is 2. The van der Waals surface area contributed by atoms with E-state index in [0.717, 1.165) is 5.56 Å². The van der Waals surface area contributed by atoms with Crippen LogP contribution < -0.4 is 10.1 Å². The first kappa shape index (κ1) is 20.2. The molecular weight excluding hydrogens is 425 g/mol. The summed E-state index contributed by atoms with van der Waals surface area (Å²) in [4.78, 5) is 16.6. The number of halogens is 1. The van der Waals surface area contributed by atoms with Crippen LogP contribution in [0.2, 0.25) is 0 Å². The Hall–Kier alpha value is -4.72. The van der Waals surface area contributed by atoms with Crippen molar-refractivity contribution >= 4 is 11.6 Å². The number of ether oxygens (including phenoxy) is 1. The van der Waals surface area contributed by atoms with E-state index < -0.39 is 0 Å². The number of anilines is 1. The zero-order valence-electron chi connectivity index (χ0n) is 17.1. The van der Waals surface area contributed by atoms with Crippen molar-refractivity contribution < 1.29 is 22.9 Å². The Morgan fingerprint density at radius 3 is 2.36 bits per heavy atom. The minimum absolute atomic E-state index is 0.215. The lowest BCUT2D eigenvalue weighted by molar-refractivity contribution is 0.0996. The molecule has 0 saturated carbocycles. The molecule has 0 unspecified atom stereocenters. The molecule has 0 aliphatic rings. The molecule has 1 N–H and O–H groups in total. The highest BCUT2D eigenvalue weighted by molar-refractivity contribution is 6.02. The van der Waals surface area contributed by atoms with Gasteiger partial charge in [-0.1, -0.05) is 11.2 Å². The van der Waals surface area contributed by atoms with E-state index >= 15 is 0 Å². The summed E-state index contributed by atoms with van der Waals surface area (Å²) in [6.45, 7) is 0. The number of carbonyl (C=O) groups is 1. The van der Waals surface area contributed by atoms with Gasteiger partial charge in [-0.3, -0.25) is 4.79 Å². The van der Waals surface area contributed by atoms with Crippen LogP contribution in [0, 0.1) is 5.82 Å². The van der Waals surface area contributed by atoms with Crippen molar-refractivity contribution in [3.8, 4) is 34.3 Å². The molecule has 0 fully saturated rings. The third-order valence-corrected chi connectivity index (χ3v) is 4.70. The molecule has 2 aromatic heterocycles. The number of carbonyl (C=O) groups excluding carboxylic acids is 1. The first-order valence-electron chi connectivity index (χ1n) is 9.97. The maximum absolute atomic E-state index is 13.0. The van der Waals surface area contributed by atoms with E-state index in [1.165, 1.54) is 18.4 Å². The summed E-state index contributed by atoms with van der Waals surface area (Å²) in [5, 5.41) is 6.81. The molecule has 0 bridgehead atoms. The predicted octanol–water partition coefficient (Wildman–Crippen LogP) is 6.18. The van der Waals surface area contributed by atoms with Gasteiger partial charge in [0.15, 0.2) is 5.76 Å². The number of benzene rings is 3. The van der Waals surface area contributed by atoms with Crippen molar-refractivity contribution in [1.29, 1.82) is 0 Å². The highest BCUT2D eigenvalue weighted by Gasteiger charge is 2.13. The van der Waals surface area contributed by atoms with Crippen molar-refractivity contribution in [2.75, 3.05) is 5.32 Å². The largest absolute Gasteiger partial charge is 0.459 e. The van der Waals surface area contributed by atoms with Gasteiger partial charge in [0, 0.05) is 16.8 Å². The number of aromatic nitrogens is 2. The molecule has 0 saturated heterocycles. The van der Waals surface area contributed by atoms with Crippen molar-refractivity contribution in [2.24, 2.45) is 0 Å². The van der Waals surface area contributed by atoms with Crippen LogP contribution >= 0.6 is 0 Å². The molecule has 162 valence electrons. The number of hydrogen-bond donors (Lipinski definition) is 1. The zero-order valence-corrected chi connectivity index (χ0v) is 17.1. The molecule has 33 heavy (non-hydrogen) atoms. The molecule has 5 aromatic rings. The maximum atomic E-state index is 13.0. The van der Waals surface area contributed by atoms with E-state index in [1.807, 2.05) is 0 Å². The molecule has 7 nitrogen and oxygen atoms in total. The van der Waals surface area contributed by atoms with Gasteiger partial charge in [-0.05, 0) is 78.9 Å². The molecular formula is C25H16FN3O4. The van der Waals surface area contributed by atoms with E-state index in [1.54, 1.807) is 72.8 Å². The van der Waals surface area contributed by atoms with Crippen molar-refractivity contribution in [3.05, 3.63) is 103 Å². The Bertz CT molecular complexity index is 1380. The molecule has 3 aromatic carbocycles. The van der Waals surface area contributed by atoms with E-state index in [2.05, 4.69) is 15.5 Å². The number of nitrogens with one attached hydrogen (secondary N) is 1. The van der Waals surface area contributed by atoms with Gasteiger partial charge in [0.1, 0.15) is 17.3 Å². The van der Waals surface area contributed by atoms with Gasteiger partial charge < -0.3 is 19.0 Å². The average molecular weight is 441 g/mol. The molecule has 8 heteroatoms. The fourth-order valence-electron chi connectivity index (χ4n) is 3.10. The Balaban J connectivity index is 1.30. The summed E-state index contributed by atoms with van der Waals surface area (Å²) in [6, 6.07) is 23.2. The first-order chi connectivity index (χ1) is 16.1. The second kappa shape index (κ2) is 8.80. The Labute approximate surface area is 187 Å². The lowest BCUT2D eigenvalue weighted by atomic mass is 10.2. The van der Waals surface area contributed by atoms with Crippen molar-refractivity contribution in [2.45, 2.75) is 0 Å². The number of furan rings is 1. The monoisotopic (exact) mass is 441 g/mol. The fourth-order valence-corrected chi connectivity index (χ4v) is 3.10. The molecule has 0 radical (unpaired) electrons. The summed E-state index contributed by atoms with van der Waals surface area (Å²) in [7, 11) is 0. The van der Waals surface area contributed by atoms with Crippen LogP contribution in [0.5, 0.6) is 11.5 Å². The quantitative estimate of drug-likeness (QED) is 0.338. The Kier molecular flexibility index (Phi) is 5.38. The standard InChI is InChI=1S/C25H16FN3O4/c26-18-8-12-21(13-9-18)32-20-10-6-16(7-11-20)23-28-25(33-29-23)17-3-1-4-19(15-17)27-24(30)22-5-2-14-31-22/h1-15H,(H,27,30). The van der Waals surface area contributed by atoms with Crippen LogP contribution in [0.3, 0.4) is 0 Å². The third kappa shape index (κ3) is 4.64. The molecule has 1 amide bonds. The fraction of sp³-hybridized carbons (Fsp3) is 0. The summed E-state index contributed by atoms with van der Waals surface area (Å²) < 4.78 is 29.2. The van der Waals surface area contributed by atoms with Gasteiger partial charge in [-0.15, -0.1) is 0 Å². The van der Waals surface area contributed by atoms with E-state index in [0.29, 0.717) is 34.5 Å². The van der Waals surface area contributed by atoms with Crippen LogP contribution in [0.4, 0.5) is 10.1 Å². The number of hydrogen-bond acceptors (Lipinski definition) is 6. The minimum Gasteiger partial charge on any atom is -0.459 e. The SMILES string of the molecule is O=C(Nc1cccc(-c2nc(-c3ccc(Oc4ccc(F)cc4)cc3)no2)c1)c1ccco1. The van der Waals surface area contributed by atoms with Gasteiger partial charge in [-0.25, -0.2) is 4.39 Å². The highest BCUT2D eigenvalue weighted by Crippen LogP contribution is 2.27. The van der Waals surface area contributed by atoms with Gasteiger partial charge in [0.2, 0.25) is 5.82 Å². The molecule has 5 rings (SSSR count). The summed E-state index contributed by atoms with van der Waals surface area (Å²) >= 11 is 0. The average Bonchev–Trinajstić information content (AvgIpc) is 3.54. The summed E-state index contributed by atoms with van der Waals surface area (Å²) in [5.41, 5.74) is 1.96. The summed E-state index contributed by atoms with van der Waals surface area (Å²) in [6.07, 6.45) is 1.44. The van der Waals surface area contributed by atoms with E-state index in [4.69, 9.17) is 13.7 Å². The summed E-state index contributed by atoms with van der Waals surface area (Å²) in [5.74, 6) is 1.38. The minimum atomic E-state index is -0.355. The second-order valence-electron chi connectivity index (χ2n) is 7.02. The van der Waals surface area contributed by atoms with Crippen LogP contribution in [0.1, 0.15) is 10.6 Å².